The van der Waals surface area contributed by atoms with Gasteiger partial charge in [-0.1, -0.05) is 36.4 Å². The molecule has 40 heavy (non-hydrogen) atoms. The lowest BCUT2D eigenvalue weighted by Gasteiger charge is -2.67. The Balaban J connectivity index is 1.46. The molecule has 0 amide bonds. The van der Waals surface area contributed by atoms with Gasteiger partial charge >= 0.3 is 17.9 Å². The first-order valence-corrected chi connectivity index (χ1v) is 13.8. The molecule has 7 rings (SSSR count). The monoisotopic (exact) mass is 538 g/mol. The zero-order chi connectivity index (χ0) is 28.1. The number of carbonyl (C=O) groups excluding carboxylic acids is 3. The molecule has 4 aliphatic carbocycles. The number of esters is 3. The maximum absolute atomic E-state index is 12.2. The number of benzene rings is 3. The van der Waals surface area contributed by atoms with E-state index in [9.17, 15) is 14.4 Å². The Morgan fingerprint density at radius 3 is 0.975 bits per heavy atom. The van der Waals surface area contributed by atoms with E-state index >= 15 is 0 Å². The van der Waals surface area contributed by atoms with Crippen molar-refractivity contribution in [1.82, 2.24) is 0 Å². The third-order valence-electron chi connectivity index (χ3n) is 9.82. The number of methoxy groups -OCH3 is 3. The van der Waals surface area contributed by atoms with Crippen LogP contribution in [0.1, 0.15) is 86.3 Å². The van der Waals surface area contributed by atoms with Gasteiger partial charge in [0.1, 0.15) is 0 Å². The van der Waals surface area contributed by atoms with Crippen LogP contribution >= 0.6 is 0 Å². The van der Waals surface area contributed by atoms with Crippen molar-refractivity contribution >= 4 is 17.9 Å². The quantitative estimate of drug-likeness (QED) is 0.276. The van der Waals surface area contributed by atoms with Crippen LogP contribution in [0, 0.1) is 5.92 Å². The van der Waals surface area contributed by atoms with E-state index in [1.54, 1.807) is 0 Å². The zero-order valence-corrected chi connectivity index (χ0v) is 23.2. The van der Waals surface area contributed by atoms with Crippen LogP contribution < -0.4 is 0 Å². The number of hydrogen-bond acceptors (Lipinski definition) is 6. The minimum Gasteiger partial charge on any atom is -0.465 e. The minimum atomic E-state index is -0.332. The number of rotatable bonds is 6. The summed E-state index contributed by atoms with van der Waals surface area (Å²) < 4.78 is 14.8. The second kappa shape index (κ2) is 9.61. The van der Waals surface area contributed by atoms with Crippen molar-refractivity contribution in [3.63, 3.8) is 0 Å². The highest BCUT2D eigenvalue weighted by atomic mass is 16.5. The molecule has 0 radical (unpaired) electrons. The van der Waals surface area contributed by atoms with Crippen molar-refractivity contribution in [1.29, 1.82) is 0 Å². The molecule has 4 saturated carbocycles. The molecular weight excluding hydrogens is 504 g/mol. The number of carbonyl (C=O) groups is 3. The summed E-state index contributed by atoms with van der Waals surface area (Å²) in [6.07, 6.45) is 6.34. The van der Waals surface area contributed by atoms with Crippen LogP contribution in [0.15, 0.2) is 72.8 Å². The zero-order valence-electron chi connectivity index (χ0n) is 23.2. The van der Waals surface area contributed by atoms with Gasteiger partial charge in [0, 0.05) is 0 Å². The summed E-state index contributed by atoms with van der Waals surface area (Å²) in [4.78, 5) is 36.5. The van der Waals surface area contributed by atoms with Crippen molar-refractivity contribution < 1.29 is 28.6 Å². The molecule has 0 saturated heterocycles. The first-order chi connectivity index (χ1) is 19.2. The third kappa shape index (κ3) is 4.12. The molecule has 4 fully saturated rings. The second-order valence-corrected chi connectivity index (χ2v) is 12.1. The molecule has 0 aromatic heterocycles. The fourth-order valence-corrected chi connectivity index (χ4v) is 8.64. The molecule has 206 valence electrons. The Kier molecular flexibility index (Phi) is 6.32. The Labute approximate surface area is 234 Å². The summed E-state index contributed by atoms with van der Waals surface area (Å²) >= 11 is 0. The maximum atomic E-state index is 12.2. The summed E-state index contributed by atoms with van der Waals surface area (Å²) in [5.41, 5.74) is 5.26. The van der Waals surface area contributed by atoms with Crippen molar-refractivity contribution in [2.45, 2.75) is 54.8 Å². The average molecular weight is 539 g/mol. The Morgan fingerprint density at radius 1 is 0.500 bits per heavy atom. The molecule has 0 unspecified atom stereocenters. The van der Waals surface area contributed by atoms with E-state index in [4.69, 9.17) is 14.2 Å². The molecule has 0 spiro atoms. The number of ether oxygens (including phenoxy) is 3. The van der Waals surface area contributed by atoms with E-state index < -0.39 is 0 Å². The molecule has 3 aromatic carbocycles. The SMILES string of the molecule is COC(=O)c1ccc(C23CC4CC(c5ccc(C(=O)OC)cc5)(C2)CC(c2ccc(C(=O)OC)cc2)(C4)C3)cc1. The summed E-state index contributed by atoms with van der Waals surface area (Å²) in [6, 6.07) is 24.0. The van der Waals surface area contributed by atoms with Crippen LogP contribution in [-0.4, -0.2) is 39.2 Å². The molecule has 6 heteroatoms. The van der Waals surface area contributed by atoms with Gasteiger partial charge in [-0.15, -0.1) is 0 Å². The van der Waals surface area contributed by atoms with Gasteiger partial charge in [-0.2, -0.15) is 0 Å². The highest BCUT2D eigenvalue weighted by molar-refractivity contribution is 5.90. The average Bonchev–Trinajstić information content (AvgIpc) is 2.99. The molecule has 0 N–H and O–H groups in total. The van der Waals surface area contributed by atoms with Crippen molar-refractivity contribution in [2.24, 2.45) is 5.92 Å². The molecular formula is C34H34O6. The van der Waals surface area contributed by atoms with Crippen LogP contribution in [0.3, 0.4) is 0 Å². The molecule has 4 aliphatic rings. The first-order valence-electron chi connectivity index (χ1n) is 13.8. The molecule has 0 aliphatic heterocycles. The van der Waals surface area contributed by atoms with Crippen LogP contribution in [0.4, 0.5) is 0 Å². The van der Waals surface area contributed by atoms with Crippen LogP contribution in [0.2, 0.25) is 0 Å². The highest BCUT2D eigenvalue weighted by Crippen LogP contribution is 2.70. The Bertz CT molecular complexity index is 1270. The van der Waals surface area contributed by atoms with Gasteiger partial charge in [-0.3, -0.25) is 0 Å². The van der Waals surface area contributed by atoms with Gasteiger partial charge in [0.2, 0.25) is 0 Å². The maximum Gasteiger partial charge on any atom is 0.337 e. The summed E-state index contributed by atoms with van der Waals surface area (Å²) in [5, 5.41) is 0. The van der Waals surface area contributed by atoms with Crippen molar-refractivity contribution in [2.75, 3.05) is 21.3 Å². The summed E-state index contributed by atoms with van der Waals surface area (Å²) in [6.45, 7) is 0. The van der Waals surface area contributed by atoms with E-state index in [0.717, 1.165) is 38.5 Å². The van der Waals surface area contributed by atoms with Gasteiger partial charge < -0.3 is 14.2 Å². The van der Waals surface area contributed by atoms with Gasteiger partial charge in [-0.05, 0) is 114 Å². The van der Waals surface area contributed by atoms with Gasteiger partial charge in [0.25, 0.3) is 0 Å². The Morgan fingerprint density at radius 2 is 0.750 bits per heavy atom. The van der Waals surface area contributed by atoms with Crippen molar-refractivity contribution in [3.05, 3.63) is 106 Å². The fourth-order valence-electron chi connectivity index (χ4n) is 8.64. The second-order valence-electron chi connectivity index (χ2n) is 12.1. The molecule has 6 nitrogen and oxygen atoms in total. The van der Waals surface area contributed by atoms with E-state index in [1.807, 2.05) is 36.4 Å². The lowest BCUT2D eigenvalue weighted by molar-refractivity contribution is -0.0494. The van der Waals surface area contributed by atoms with Crippen LogP contribution in [0.5, 0.6) is 0 Å². The predicted octanol–water partition coefficient (Wildman–Crippen LogP) is 6.16. The molecule has 0 heterocycles. The summed E-state index contributed by atoms with van der Waals surface area (Å²) in [7, 11) is 4.21. The van der Waals surface area contributed by atoms with E-state index in [2.05, 4.69) is 36.4 Å². The lowest BCUT2D eigenvalue weighted by Crippen LogP contribution is -2.62. The van der Waals surface area contributed by atoms with E-state index in [-0.39, 0.29) is 34.2 Å². The van der Waals surface area contributed by atoms with E-state index in [1.165, 1.54) is 38.0 Å². The van der Waals surface area contributed by atoms with E-state index in [0.29, 0.717) is 22.6 Å². The fraction of sp³-hybridized carbons (Fsp3) is 0.382. The van der Waals surface area contributed by atoms with Gasteiger partial charge in [0.15, 0.2) is 0 Å². The molecule has 3 aromatic rings. The van der Waals surface area contributed by atoms with Gasteiger partial charge in [-0.25, -0.2) is 14.4 Å². The lowest BCUT2D eigenvalue weighted by atomic mass is 9.36. The molecule has 4 bridgehead atoms. The Hall–Kier alpha value is -3.93. The largest absolute Gasteiger partial charge is 0.465 e. The van der Waals surface area contributed by atoms with Crippen LogP contribution in [0.25, 0.3) is 0 Å². The topological polar surface area (TPSA) is 78.9 Å². The highest BCUT2D eigenvalue weighted by Gasteiger charge is 2.64. The van der Waals surface area contributed by atoms with Crippen LogP contribution in [-0.2, 0) is 30.5 Å². The predicted molar refractivity (Wildman–Crippen MR) is 150 cm³/mol. The minimum absolute atomic E-state index is 0.0594. The molecule has 0 atom stereocenters. The normalized spacial score (nSPS) is 28.1. The van der Waals surface area contributed by atoms with Gasteiger partial charge in [0.05, 0.1) is 38.0 Å². The number of hydrogen-bond donors (Lipinski definition) is 0. The first kappa shape index (κ1) is 26.3. The van der Waals surface area contributed by atoms with Crippen molar-refractivity contribution in [3.8, 4) is 0 Å². The smallest absolute Gasteiger partial charge is 0.337 e. The standard InChI is InChI=1S/C34H34O6/c1-38-29(35)23-4-10-26(11-5-23)32-16-22-17-33(19-32,27-12-6-24(7-13-27)30(36)39-2)21-34(18-22,20-32)28-14-8-25(9-15-28)31(37)40-3/h4-15,22H,16-21H2,1-3H3. The summed E-state index contributed by atoms with van der Waals surface area (Å²) in [5.74, 6) is -0.471. The third-order valence-corrected chi connectivity index (χ3v) is 9.82.